The Labute approximate surface area is 109 Å². The minimum Gasteiger partial charge on any atom is -0.357 e. The van der Waals surface area contributed by atoms with Gasteiger partial charge in [0.25, 0.3) is 0 Å². The zero-order chi connectivity index (χ0) is 12.8. The molecule has 0 radical (unpaired) electrons. The zero-order valence-electron chi connectivity index (χ0n) is 11.5. The van der Waals surface area contributed by atoms with Crippen LogP contribution < -0.4 is 5.32 Å². The first kappa shape index (κ1) is 11.8. The summed E-state index contributed by atoms with van der Waals surface area (Å²) in [5, 5.41) is 5.12. The molecule has 96 valence electrons. The number of rotatable bonds is 2. The van der Waals surface area contributed by atoms with Crippen molar-refractivity contribution in [2.24, 2.45) is 5.92 Å². The molecule has 1 aromatic carbocycles. The van der Waals surface area contributed by atoms with Crippen molar-refractivity contribution < 1.29 is 0 Å². The summed E-state index contributed by atoms with van der Waals surface area (Å²) in [5.41, 5.74) is 4.30. The summed E-state index contributed by atoms with van der Waals surface area (Å²) in [6.45, 7) is 8.01. The van der Waals surface area contributed by atoms with Gasteiger partial charge in [-0.25, -0.2) is 0 Å². The third-order valence-corrected chi connectivity index (χ3v) is 4.07. The van der Waals surface area contributed by atoms with E-state index in [0.29, 0.717) is 5.92 Å². The molecule has 3 rings (SSSR count). The van der Waals surface area contributed by atoms with Crippen LogP contribution in [0.4, 0.5) is 0 Å². The van der Waals surface area contributed by atoms with Crippen LogP contribution in [0.2, 0.25) is 0 Å². The predicted octanol–water partition coefficient (Wildman–Crippen LogP) is 3.57. The smallest absolute Gasteiger partial charge is 0.0563 e. The van der Waals surface area contributed by atoms with Crippen molar-refractivity contribution >= 4 is 10.9 Å². The van der Waals surface area contributed by atoms with E-state index >= 15 is 0 Å². The number of aromatic nitrogens is 1. The maximum atomic E-state index is 3.71. The topological polar surface area (TPSA) is 27.8 Å². The van der Waals surface area contributed by atoms with Crippen LogP contribution in [-0.4, -0.2) is 11.5 Å². The second kappa shape index (κ2) is 4.13. The maximum Gasteiger partial charge on any atom is 0.0563 e. The molecule has 18 heavy (non-hydrogen) atoms. The maximum absolute atomic E-state index is 3.71. The molecule has 0 bridgehead atoms. The molecular formula is C16H22N2. The van der Waals surface area contributed by atoms with Gasteiger partial charge in [0.2, 0.25) is 0 Å². The van der Waals surface area contributed by atoms with E-state index in [-0.39, 0.29) is 5.54 Å². The number of aromatic amines is 1. The third-order valence-electron chi connectivity index (χ3n) is 4.07. The molecule has 1 aliphatic rings. The Kier molecular flexibility index (Phi) is 2.70. The highest BCUT2D eigenvalue weighted by atomic mass is 15.0. The lowest BCUT2D eigenvalue weighted by atomic mass is 9.82. The minimum absolute atomic E-state index is 0.0980. The van der Waals surface area contributed by atoms with Gasteiger partial charge >= 0.3 is 0 Å². The number of hydrogen-bond donors (Lipinski definition) is 2. The predicted molar refractivity (Wildman–Crippen MR) is 76.8 cm³/mol. The van der Waals surface area contributed by atoms with E-state index in [1.165, 1.54) is 28.6 Å². The average molecular weight is 242 g/mol. The molecular weight excluding hydrogens is 220 g/mol. The average Bonchev–Trinajstić information content (AvgIpc) is 2.69. The van der Waals surface area contributed by atoms with Crippen LogP contribution in [0.15, 0.2) is 24.3 Å². The molecule has 1 aromatic heterocycles. The molecule has 0 spiro atoms. The molecule has 2 nitrogen and oxygen atoms in total. The second-order valence-electron chi connectivity index (χ2n) is 6.13. The Morgan fingerprint density at radius 1 is 1.28 bits per heavy atom. The molecule has 2 N–H and O–H groups in total. The van der Waals surface area contributed by atoms with Crippen LogP contribution in [-0.2, 0) is 12.0 Å². The molecule has 1 unspecified atom stereocenters. The summed E-state index contributed by atoms with van der Waals surface area (Å²) < 4.78 is 0. The quantitative estimate of drug-likeness (QED) is 0.827. The Bertz CT molecular complexity index is 567. The van der Waals surface area contributed by atoms with E-state index in [4.69, 9.17) is 0 Å². The first-order valence-corrected chi connectivity index (χ1v) is 6.95. The fourth-order valence-electron chi connectivity index (χ4n) is 3.47. The fourth-order valence-corrected chi connectivity index (χ4v) is 3.47. The molecule has 0 saturated heterocycles. The van der Waals surface area contributed by atoms with Crippen molar-refractivity contribution in [3.63, 3.8) is 0 Å². The van der Waals surface area contributed by atoms with E-state index < -0.39 is 0 Å². The van der Waals surface area contributed by atoms with E-state index in [9.17, 15) is 0 Å². The number of nitrogens with one attached hydrogen (secondary N) is 2. The van der Waals surface area contributed by atoms with Gasteiger partial charge in [-0.3, -0.25) is 0 Å². The van der Waals surface area contributed by atoms with Crippen molar-refractivity contribution in [3.05, 3.63) is 35.5 Å². The number of hydrogen-bond acceptors (Lipinski definition) is 1. The van der Waals surface area contributed by atoms with Gasteiger partial charge in [-0.15, -0.1) is 0 Å². The highest BCUT2D eigenvalue weighted by Crippen LogP contribution is 2.36. The largest absolute Gasteiger partial charge is 0.357 e. The van der Waals surface area contributed by atoms with Gasteiger partial charge in [-0.1, -0.05) is 32.0 Å². The van der Waals surface area contributed by atoms with Gasteiger partial charge < -0.3 is 10.3 Å². The Morgan fingerprint density at radius 3 is 2.83 bits per heavy atom. The van der Waals surface area contributed by atoms with Gasteiger partial charge in [0.05, 0.1) is 5.54 Å². The summed E-state index contributed by atoms with van der Waals surface area (Å²) >= 11 is 0. The first-order valence-electron chi connectivity index (χ1n) is 6.95. The van der Waals surface area contributed by atoms with E-state index in [1.54, 1.807) is 0 Å². The fraction of sp³-hybridized carbons (Fsp3) is 0.500. The molecule has 2 heterocycles. The van der Waals surface area contributed by atoms with Crippen molar-refractivity contribution in [2.75, 3.05) is 6.54 Å². The van der Waals surface area contributed by atoms with Gasteiger partial charge in [-0.2, -0.15) is 0 Å². The van der Waals surface area contributed by atoms with Crippen molar-refractivity contribution in [1.29, 1.82) is 0 Å². The summed E-state index contributed by atoms with van der Waals surface area (Å²) in [4.78, 5) is 3.65. The molecule has 2 heteroatoms. The van der Waals surface area contributed by atoms with Crippen LogP contribution >= 0.6 is 0 Å². The van der Waals surface area contributed by atoms with Gasteiger partial charge in [0, 0.05) is 23.1 Å². The van der Waals surface area contributed by atoms with Gasteiger partial charge in [0.1, 0.15) is 0 Å². The Balaban J connectivity index is 2.16. The number of H-pyrrole nitrogens is 1. The van der Waals surface area contributed by atoms with Gasteiger partial charge in [-0.05, 0) is 37.3 Å². The lowest BCUT2D eigenvalue weighted by Gasteiger charge is -2.36. The minimum atomic E-state index is 0.0980. The second-order valence-corrected chi connectivity index (χ2v) is 6.13. The molecule has 1 aliphatic heterocycles. The molecule has 0 amide bonds. The zero-order valence-corrected chi connectivity index (χ0v) is 11.5. The monoisotopic (exact) mass is 242 g/mol. The number of fused-ring (bicyclic) bond motifs is 3. The van der Waals surface area contributed by atoms with E-state index in [0.717, 1.165) is 13.0 Å². The summed E-state index contributed by atoms with van der Waals surface area (Å²) in [5.74, 6) is 0.694. The molecule has 1 atom stereocenters. The van der Waals surface area contributed by atoms with Gasteiger partial charge in [0.15, 0.2) is 0 Å². The summed E-state index contributed by atoms with van der Waals surface area (Å²) in [7, 11) is 0. The van der Waals surface area contributed by atoms with Crippen molar-refractivity contribution in [2.45, 2.75) is 39.2 Å². The molecule has 0 fully saturated rings. The summed E-state index contributed by atoms with van der Waals surface area (Å²) in [6, 6.07) is 8.67. The normalized spacial score (nSPS) is 23.6. The SMILES string of the molecule is CC(C)CC1(C)NCCc2c1[nH]c1ccccc21. The lowest BCUT2D eigenvalue weighted by molar-refractivity contribution is 0.279. The van der Waals surface area contributed by atoms with Crippen LogP contribution in [0.5, 0.6) is 0 Å². The van der Waals surface area contributed by atoms with E-state index in [1.807, 2.05) is 0 Å². The van der Waals surface area contributed by atoms with Crippen LogP contribution in [0.25, 0.3) is 10.9 Å². The van der Waals surface area contributed by atoms with Crippen LogP contribution in [0.3, 0.4) is 0 Å². The Morgan fingerprint density at radius 2 is 2.06 bits per heavy atom. The van der Waals surface area contributed by atoms with Crippen LogP contribution in [0, 0.1) is 5.92 Å². The number of benzene rings is 1. The third kappa shape index (κ3) is 1.76. The Hall–Kier alpha value is -1.28. The first-order chi connectivity index (χ1) is 8.60. The standard InChI is InChI=1S/C16H22N2/c1-11(2)10-16(3)15-13(8-9-17-16)12-6-4-5-7-14(12)18-15/h4-7,11,17-18H,8-10H2,1-3H3. The molecule has 0 aliphatic carbocycles. The van der Waals surface area contributed by atoms with Crippen molar-refractivity contribution in [1.82, 2.24) is 10.3 Å². The highest BCUT2D eigenvalue weighted by Gasteiger charge is 2.34. The highest BCUT2D eigenvalue weighted by molar-refractivity contribution is 5.85. The molecule has 2 aromatic rings. The number of para-hydroxylation sites is 1. The molecule has 0 saturated carbocycles. The van der Waals surface area contributed by atoms with Crippen molar-refractivity contribution in [3.8, 4) is 0 Å². The van der Waals surface area contributed by atoms with E-state index in [2.05, 4.69) is 55.3 Å². The lowest BCUT2D eigenvalue weighted by Crippen LogP contribution is -2.45. The van der Waals surface area contributed by atoms with Crippen LogP contribution in [0.1, 0.15) is 38.4 Å². The summed E-state index contributed by atoms with van der Waals surface area (Å²) in [6.07, 6.45) is 2.31.